The van der Waals surface area contributed by atoms with Crippen molar-refractivity contribution in [2.24, 2.45) is 0 Å². The molecule has 0 fully saturated rings. The topological polar surface area (TPSA) is 64.6 Å². The molecule has 0 unspecified atom stereocenters. The second-order valence-electron chi connectivity index (χ2n) is 13.0. The van der Waals surface area contributed by atoms with Crippen molar-refractivity contribution in [1.29, 1.82) is 0 Å². The van der Waals surface area contributed by atoms with Crippen LogP contribution in [0.5, 0.6) is 0 Å². The van der Waals surface area contributed by atoms with E-state index in [0.717, 1.165) is 77.2 Å². The van der Waals surface area contributed by atoms with Gasteiger partial charge >= 0.3 is 11.9 Å². The van der Waals surface area contributed by atoms with Gasteiger partial charge in [0.1, 0.15) is 13.2 Å². The fourth-order valence-electron chi connectivity index (χ4n) is 5.21. The Balaban J connectivity index is 3.81. The van der Waals surface area contributed by atoms with E-state index in [1.807, 2.05) is 0 Å². The summed E-state index contributed by atoms with van der Waals surface area (Å²) < 4.78 is 11.1. The second kappa shape index (κ2) is 38.3. The van der Waals surface area contributed by atoms with Gasteiger partial charge in [-0.3, -0.25) is 9.59 Å². The number of allylic oxidation sites excluding steroid dienone is 8. The van der Waals surface area contributed by atoms with Crippen LogP contribution in [-0.4, -0.2) is 37.7 Å². The largest absolute Gasteiger partial charge is 0.464 e. The zero-order chi connectivity index (χ0) is 34.3. The molecule has 0 heterocycles. The van der Waals surface area contributed by atoms with Crippen molar-refractivity contribution in [3.8, 4) is 0 Å². The number of rotatable bonds is 35. The summed E-state index contributed by atoms with van der Waals surface area (Å²) in [5, 5.41) is 3.35. The first-order chi connectivity index (χ1) is 23.1. The molecule has 0 radical (unpaired) electrons. The van der Waals surface area contributed by atoms with Crippen LogP contribution >= 0.6 is 0 Å². The van der Waals surface area contributed by atoms with Crippen molar-refractivity contribution in [3.05, 3.63) is 48.6 Å². The Morgan fingerprint density at radius 2 is 0.830 bits per heavy atom. The molecule has 0 rings (SSSR count). The SMILES string of the molecule is CCCCC/C=C\C/C=C\CCCCCCCC(=O)OCC(COC(=O)CCCCCCC/C=C\C/C=C\CCCCC)NCCC. The highest BCUT2D eigenvalue weighted by atomic mass is 16.5. The quantitative estimate of drug-likeness (QED) is 0.0417. The number of nitrogens with one attached hydrogen (secondary N) is 1. The first kappa shape index (κ1) is 44.9. The molecule has 0 spiro atoms. The van der Waals surface area contributed by atoms with E-state index in [9.17, 15) is 9.59 Å². The Morgan fingerprint density at radius 1 is 0.468 bits per heavy atom. The minimum absolute atomic E-state index is 0.156. The molecular weight excluding hydrogens is 582 g/mol. The number of ether oxygens (including phenoxy) is 2. The molecule has 0 aromatic heterocycles. The molecule has 47 heavy (non-hydrogen) atoms. The molecule has 272 valence electrons. The lowest BCUT2D eigenvalue weighted by Crippen LogP contribution is -2.39. The molecule has 0 saturated carbocycles. The molecule has 0 aromatic rings. The predicted molar refractivity (Wildman–Crippen MR) is 203 cm³/mol. The molecule has 0 aliphatic rings. The van der Waals surface area contributed by atoms with E-state index < -0.39 is 0 Å². The molecule has 0 atom stereocenters. The van der Waals surface area contributed by atoms with Crippen molar-refractivity contribution in [2.75, 3.05) is 19.8 Å². The standard InChI is InChI=1S/C42H75NO4/c1-4-7-9-11-13-15-17-19-21-23-25-27-29-31-33-35-41(44)46-38-40(43-37-6-3)39-47-42(45)36-34-32-30-28-26-24-22-20-18-16-14-12-10-8-5-2/h13-16,19-22,40,43H,4-12,17-18,23-39H2,1-3H3/b15-13-,16-14-,21-19-,22-20-. The third kappa shape index (κ3) is 36.5. The number of hydrogen-bond acceptors (Lipinski definition) is 5. The molecule has 1 N–H and O–H groups in total. The van der Waals surface area contributed by atoms with Crippen LogP contribution < -0.4 is 5.32 Å². The van der Waals surface area contributed by atoms with Gasteiger partial charge in [0, 0.05) is 12.8 Å². The first-order valence-corrected chi connectivity index (χ1v) is 19.8. The lowest BCUT2D eigenvalue weighted by atomic mass is 10.1. The van der Waals surface area contributed by atoms with Crippen molar-refractivity contribution >= 4 is 11.9 Å². The molecule has 0 aromatic carbocycles. The Hall–Kier alpha value is -2.14. The van der Waals surface area contributed by atoms with Crippen molar-refractivity contribution in [1.82, 2.24) is 5.32 Å². The molecule has 5 nitrogen and oxygen atoms in total. The van der Waals surface area contributed by atoms with Crippen molar-refractivity contribution < 1.29 is 19.1 Å². The summed E-state index contributed by atoms with van der Waals surface area (Å²) in [6.07, 6.45) is 45.8. The summed E-state index contributed by atoms with van der Waals surface area (Å²) in [7, 11) is 0. The Morgan fingerprint density at radius 3 is 1.21 bits per heavy atom. The third-order valence-corrected chi connectivity index (χ3v) is 8.24. The van der Waals surface area contributed by atoms with Gasteiger partial charge < -0.3 is 14.8 Å². The van der Waals surface area contributed by atoms with Crippen LogP contribution in [0.25, 0.3) is 0 Å². The van der Waals surface area contributed by atoms with Gasteiger partial charge in [-0.05, 0) is 90.0 Å². The van der Waals surface area contributed by atoms with Crippen LogP contribution in [0.2, 0.25) is 0 Å². The summed E-state index contributed by atoms with van der Waals surface area (Å²) in [4.78, 5) is 24.6. The van der Waals surface area contributed by atoms with Gasteiger partial charge in [0.25, 0.3) is 0 Å². The molecular formula is C42H75NO4. The van der Waals surface area contributed by atoms with Crippen LogP contribution in [-0.2, 0) is 19.1 Å². The van der Waals surface area contributed by atoms with Gasteiger partial charge in [-0.15, -0.1) is 0 Å². The number of esters is 2. The maximum absolute atomic E-state index is 12.3. The van der Waals surface area contributed by atoms with Crippen LogP contribution in [0.1, 0.15) is 181 Å². The minimum atomic E-state index is -0.157. The maximum atomic E-state index is 12.3. The van der Waals surface area contributed by atoms with E-state index in [4.69, 9.17) is 9.47 Å². The summed E-state index contributed by atoms with van der Waals surface area (Å²) in [6.45, 7) is 7.87. The average molecular weight is 658 g/mol. The fraction of sp³-hybridized carbons (Fsp3) is 0.762. The van der Waals surface area contributed by atoms with Gasteiger partial charge in [-0.2, -0.15) is 0 Å². The number of unbranched alkanes of at least 4 members (excludes halogenated alkanes) is 16. The Kier molecular flexibility index (Phi) is 36.6. The van der Waals surface area contributed by atoms with Gasteiger partial charge in [0.2, 0.25) is 0 Å². The zero-order valence-corrected chi connectivity index (χ0v) is 31.1. The van der Waals surface area contributed by atoms with Gasteiger partial charge in [-0.25, -0.2) is 0 Å². The fourth-order valence-corrected chi connectivity index (χ4v) is 5.21. The number of carbonyl (C=O) groups excluding carboxylic acids is 2. The molecule has 0 bridgehead atoms. The normalized spacial score (nSPS) is 12.1. The molecule has 0 aliphatic carbocycles. The van der Waals surface area contributed by atoms with Gasteiger partial charge in [-0.1, -0.05) is 134 Å². The summed E-state index contributed by atoms with van der Waals surface area (Å²) in [6, 6.07) is -0.156. The van der Waals surface area contributed by atoms with E-state index in [1.54, 1.807) is 0 Å². The molecule has 0 aliphatic heterocycles. The smallest absolute Gasteiger partial charge is 0.305 e. The molecule has 5 heteroatoms. The van der Waals surface area contributed by atoms with Crippen LogP contribution in [0, 0.1) is 0 Å². The van der Waals surface area contributed by atoms with E-state index in [-0.39, 0.29) is 31.2 Å². The monoisotopic (exact) mass is 658 g/mol. The third-order valence-electron chi connectivity index (χ3n) is 8.24. The zero-order valence-electron chi connectivity index (χ0n) is 31.1. The number of hydrogen-bond donors (Lipinski definition) is 1. The van der Waals surface area contributed by atoms with Crippen LogP contribution in [0.3, 0.4) is 0 Å². The minimum Gasteiger partial charge on any atom is -0.464 e. The molecule has 0 amide bonds. The van der Waals surface area contributed by atoms with Crippen LogP contribution in [0.4, 0.5) is 0 Å². The number of carbonyl (C=O) groups is 2. The summed E-state index contributed by atoms with van der Waals surface area (Å²) in [5.41, 5.74) is 0. The highest BCUT2D eigenvalue weighted by Crippen LogP contribution is 2.11. The van der Waals surface area contributed by atoms with Crippen molar-refractivity contribution in [2.45, 2.75) is 187 Å². The second-order valence-corrected chi connectivity index (χ2v) is 13.0. The Bertz CT molecular complexity index is 738. The van der Waals surface area contributed by atoms with Crippen LogP contribution in [0.15, 0.2) is 48.6 Å². The highest BCUT2D eigenvalue weighted by Gasteiger charge is 2.14. The maximum Gasteiger partial charge on any atom is 0.305 e. The lowest BCUT2D eigenvalue weighted by Gasteiger charge is -2.18. The van der Waals surface area contributed by atoms with Gasteiger partial charge in [0.15, 0.2) is 0 Å². The van der Waals surface area contributed by atoms with E-state index in [0.29, 0.717) is 12.8 Å². The van der Waals surface area contributed by atoms with Crippen molar-refractivity contribution in [3.63, 3.8) is 0 Å². The molecule has 0 saturated heterocycles. The average Bonchev–Trinajstić information content (AvgIpc) is 3.07. The highest BCUT2D eigenvalue weighted by molar-refractivity contribution is 5.69. The van der Waals surface area contributed by atoms with E-state index >= 15 is 0 Å². The Labute approximate surface area is 291 Å². The summed E-state index contributed by atoms with van der Waals surface area (Å²) >= 11 is 0. The summed E-state index contributed by atoms with van der Waals surface area (Å²) in [5.74, 6) is -0.314. The van der Waals surface area contributed by atoms with E-state index in [1.165, 1.54) is 77.0 Å². The van der Waals surface area contributed by atoms with Gasteiger partial charge in [0.05, 0.1) is 6.04 Å². The first-order valence-electron chi connectivity index (χ1n) is 19.8. The van der Waals surface area contributed by atoms with E-state index in [2.05, 4.69) is 74.7 Å². The predicted octanol–water partition coefficient (Wildman–Crippen LogP) is 12.1. The lowest BCUT2D eigenvalue weighted by molar-refractivity contribution is -0.147.